The molecule has 0 aliphatic carbocycles. The fraction of sp³-hybridized carbons (Fsp3) is 0.238. The molecule has 0 spiro atoms. The van der Waals surface area contributed by atoms with Gasteiger partial charge < -0.3 is 30.7 Å². The Hall–Kier alpha value is -4.08. The van der Waals surface area contributed by atoms with E-state index in [1.807, 2.05) is 19.1 Å². The van der Waals surface area contributed by atoms with Crippen molar-refractivity contribution >= 4 is 29.2 Å². The lowest BCUT2D eigenvalue weighted by Gasteiger charge is -2.19. The summed E-state index contributed by atoms with van der Waals surface area (Å²) in [4.78, 5) is 16.3. The number of anilines is 4. The number of ether oxygens (including phenoxy) is 2. The highest BCUT2D eigenvalue weighted by atomic mass is 16.6. The first-order valence-corrected chi connectivity index (χ1v) is 9.87. The fourth-order valence-corrected chi connectivity index (χ4v) is 2.83. The lowest BCUT2D eigenvalue weighted by atomic mass is 10.2. The van der Waals surface area contributed by atoms with Crippen molar-refractivity contribution in [2.75, 3.05) is 42.3 Å². The van der Waals surface area contributed by atoms with Crippen LogP contribution in [0.15, 0.2) is 48.7 Å². The van der Waals surface area contributed by atoms with E-state index in [0.717, 1.165) is 5.56 Å². The monoisotopic (exact) mass is 421 g/mol. The number of benzene rings is 1. The number of nitrogens with zero attached hydrogens (tertiary/aromatic N) is 3. The fourth-order valence-electron chi connectivity index (χ4n) is 2.83. The van der Waals surface area contributed by atoms with Crippen LogP contribution in [0.1, 0.15) is 5.56 Å². The largest absolute Gasteiger partial charge is 0.486 e. The molecule has 1 aliphatic heterocycles. The normalized spacial score (nSPS) is 12.0. The van der Waals surface area contributed by atoms with Crippen molar-refractivity contribution in [3.8, 4) is 11.5 Å². The van der Waals surface area contributed by atoms with Crippen LogP contribution in [0.4, 0.5) is 27.9 Å². The Bertz CT molecular complexity index is 1030. The van der Waals surface area contributed by atoms with E-state index in [1.165, 1.54) is 0 Å². The summed E-state index contributed by atoms with van der Waals surface area (Å²) in [6.07, 6.45) is 1.78. The molecule has 0 unspecified atom stereocenters. The van der Waals surface area contributed by atoms with E-state index in [0.29, 0.717) is 60.9 Å². The summed E-state index contributed by atoms with van der Waals surface area (Å²) >= 11 is 0. The number of amides is 2. The van der Waals surface area contributed by atoms with Gasteiger partial charge >= 0.3 is 6.03 Å². The first-order valence-electron chi connectivity index (χ1n) is 9.87. The molecule has 1 aliphatic rings. The molecule has 2 aromatic heterocycles. The van der Waals surface area contributed by atoms with Crippen molar-refractivity contribution in [3.05, 3.63) is 54.2 Å². The van der Waals surface area contributed by atoms with Crippen LogP contribution >= 0.6 is 0 Å². The minimum absolute atomic E-state index is 0.310. The predicted molar refractivity (Wildman–Crippen MR) is 117 cm³/mol. The number of fused-ring (bicyclic) bond motifs is 1. The number of rotatable bonds is 7. The van der Waals surface area contributed by atoms with Gasteiger partial charge in [0.2, 0.25) is 0 Å². The minimum atomic E-state index is -0.310. The molecule has 3 heterocycles. The van der Waals surface area contributed by atoms with Gasteiger partial charge in [0.25, 0.3) is 0 Å². The molecule has 10 heteroatoms. The predicted octanol–water partition coefficient (Wildman–Crippen LogP) is 2.93. The van der Waals surface area contributed by atoms with Gasteiger partial charge in [0, 0.05) is 31.0 Å². The topological polar surface area (TPSA) is 122 Å². The van der Waals surface area contributed by atoms with Gasteiger partial charge in [0.1, 0.15) is 24.8 Å². The highest BCUT2D eigenvalue weighted by molar-refractivity contribution is 5.89. The van der Waals surface area contributed by atoms with Crippen molar-refractivity contribution in [2.45, 2.75) is 6.92 Å². The Morgan fingerprint density at radius 3 is 2.48 bits per heavy atom. The molecule has 0 radical (unpaired) electrons. The SMILES string of the molecule is Cc1ccc(Nc2ccc(NCCNC(=O)Nc3ccc4c(c3)OCCO4)nn2)nc1. The third kappa shape index (κ3) is 5.72. The summed E-state index contributed by atoms with van der Waals surface area (Å²) in [6.45, 7) is 3.91. The number of carbonyl (C=O) groups is 1. The number of pyridine rings is 1. The second kappa shape index (κ2) is 9.61. The molecule has 4 N–H and O–H groups in total. The molecule has 0 fully saturated rings. The summed E-state index contributed by atoms with van der Waals surface area (Å²) in [5.74, 6) is 3.21. The molecule has 160 valence electrons. The number of urea groups is 1. The quantitative estimate of drug-likeness (QED) is 0.430. The van der Waals surface area contributed by atoms with Crippen molar-refractivity contribution in [2.24, 2.45) is 0 Å². The van der Waals surface area contributed by atoms with Crippen LogP contribution < -0.4 is 30.7 Å². The maximum Gasteiger partial charge on any atom is 0.319 e. The smallest absolute Gasteiger partial charge is 0.319 e. The van der Waals surface area contributed by atoms with Gasteiger partial charge in [-0.3, -0.25) is 0 Å². The summed E-state index contributed by atoms with van der Waals surface area (Å²) in [5.41, 5.74) is 1.72. The molecule has 3 aromatic rings. The Balaban J connectivity index is 1.18. The Morgan fingerprint density at radius 1 is 0.935 bits per heavy atom. The number of carbonyl (C=O) groups excluding carboxylic acids is 1. The van der Waals surface area contributed by atoms with Crippen LogP contribution in [0.25, 0.3) is 0 Å². The van der Waals surface area contributed by atoms with E-state index in [2.05, 4.69) is 36.4 Å². The number of aryl methyl sites for hydroxylation is 1. The van der Waals surface area contributed by atoms with Crippen LogP contribution in [0.5, 0.6) is 11.5 Å². The number of hydrogen-bond acceptors (Lipinski definition) is 8. The Labute approximate surface area is 179 Å². The minimum Gasteiger partial charge on any atom is -0.486 e. The molecule has 1 aromatic carbocycles. The zero-order valence-electron chi connectivity index (χ0n) is 17.0. The standard InChI is InChI=1S/C21H23N7O3/c1-14-2-5-18(24-13-14)26-20-7-6-19(27-28-20)22-8-9-23-21(29)25-15-3-4-16-17(12-15)31-11-10-30-16/h2-7,12-13H,8-11H2,1H3,(H,22,27)(H2,23,25,29)(H,24,26,28). The van der Waals surface area contributed by atoms with E-state index in [9.17, 15) is 4.79 Å². The van der Waals surface area contributed by atoms with E-state index in [1.54, 1.807) is 36.5 Å². The second-order valence-electron chi connectivity index (χ2n) is 6.82. The molecule has 0 saturated carbocycles. The number of hydrogen-bond donors (Lipinski definition) is 4. The maximum atomic E-state index is 12.1. The van der Waals surface area contributed by atoms with Gasteiger partial charge in [-0.15, -0.1) is 10.2 Å². The van der Waals surface area contributed by atoms with Gasteiger partial charge in [-0.05, 0) is 42.8 Å². The van der Waals surface area contributed by atoms with Crippen LogP contribution in [0.2, 0.25) is 0 Å². The van der Waals surface area contributed by atoms with E-state index in [-0.39, 0.29) is 6.03 Å². The number of aromatic nitrogens is 3. The van der Waals surface area contributed by atoms with Gasteiger partial charge in [0.15, 0.2) is 17.3 Å². The highest BCUT2D eigenvalue weighted by Crippen LogP contribution is 2.32. The van der Waals surface area contributed by atoms with Crippen molar-refractivity contribution < 1.29 is 14.3 Å². The van der Waals surface area contributed by atoms with E-state index < -0.39 is 0 Å². The third-order valence-corrected chi connectivity index (χ3v) is 4.35. The average molecular weight is 421 g/mol. The molecule has 2 amide bonds. The Kier molecular flexibility index (Phi) is 6.26. The molecule has 4 rings (SSSR count). The van der Waals surface area contributed by atoms with Crippen LogP contribution in [-0.2, 0) is 0 Å². The molecule has 0 atom stereocenters. The van der Waals surface area contributed by atoms with Crippen LogP contribution in [-0.4, -0.2) is 47.5 Å². The molecule has 31 heavy (non-hydrogen) atoms. The summed E-state index contributed by atoms with van der Waals surface area (Å²) in [5, 5.41) is 20.0. The average Bonchev–Trinajstić information content (AvgIpc) is 2.79. The van der Waals surface area contributed by atoms with Crippen LogP contribution in [0, 0.1) is 6.92 Å². The number of nitrogens with one attached hydrogen (secondary N) is 4. The summed E-state index contributed by atoms with van der Waals surface area (Å²) in [7, 11) is 0. The molecule has 0 saturated heterocycles. The van der Waals surface area contributed by atoms with E-state index >= 15 is 0 Å². The van der Waals surface area contributed by atoms with Gasteiger partial charge in [-0.2, -0.15) is 0 Å². The van der Waals surface area contributed by atoms with Crippen molar-refractivity contribution in [1.29, 1.82) is 0 Å². The molecular weight excluding hydrogens is 398 g/mol. The van der Waals surface area contributed by atoms with Gasteiger partial charge in [0.05, 0.1) is 0 Å². The molecular formula is C21H23N7O3. The van der Waals surface area contributed by atoms with Crippen molar-refractivity contribution in [3.63, 3.8) is 0 Å². The first kappa shape index (κ1) is 20.2. The summed E-state index contributed by atoms with van der Waals surface area (Å²) < 4.78 is 11.0. The Morgan fingerprint density at radius 2 is 1.71 bits per heavy atom. The second-order valence-corrected chi connectivity index (χ2v) is 6.82. The molecule has 10 nitrogen and oxygen atoms in total. The summed E-state index contributed by atoms with van der Waals surface area (Å²) in [6, 6.07) is 12.4. The van der Waals surface area contributed by atoms with Gasteiger partial charge in [-0.1, -0.05) is 6.07 Å². The lowest BCUT2D eigenvalue weighted by molar-refractivity contribution is 0.171. The maximum absolute atomic E-state index is 12.1. The van der Waals surface area contributed by atoms with Crippen molar-refractivity contribution in [1.82, 2.24) is 20.5 Å². The van der Waals surface area contributed by atoms with Gasteiger partial charge in [-0.25, -0.2) is 9.78 Å². The lowest BCUT2D eigenvalue weighted by Crippen LogP contribution is -2.32. The highest BCUT2D eigenvalue weighted by Gasteiger charge is 2.12. The van der Waals surface area contributed by atoms with E-state index in [4.69, 9.17) is 9.47 Å². The molecule has 0 bridgehead atoms. The van der Waals surface area contributed by atoms with Crippen LogP contribution in [0.3, 0.4) is 0 Å². The zero-order chi connectivity index (χ0) is 21.5. The third-order valence-electron chi connectivity index (χ3n) is 4.35. The first-order chi connectivity index (χ1) is 15.2. The zero-order valence-corrected chi connectivity index (χ0v) is 17.0.